The van der Waals surface area contributed by atoms with E-state index >= 15 is 0 Å². The van der Waals surface area contributed by atoms with Crippen molar-refractivity contribution in [3.05, 3.63) is 58.9 Å². The molecule has 1 amide bonds. The van der Waals surface area contributed by atoms with Crippen LogP contribution in [0.3, 0.4) is 0 Å². The van der Waals surface area contributed by atoms with Crippen LogP contribution in [-0.4, -0.2) is 23.8 Å². The van der Waals surface area contributed by atoms with E-state index in [4.69, 9.17) is 16.0 Å². The van der Waals surface area contributed by atoms with E-state index in [0.717, 1.165) is 11.3 Å². The third-order valence-corrected chi connectivity index (χ3v) is 3.20. The van der Waals surface area contributed by atoms with Crippen molar-refractivity contribution in [2.75, 3.05) is 7.11 Å². The smallest absolute Gasteiger partial charge is 0.270 e. The predicted molar refractivity (Wildman–Crippen MR) is 89.0 cm³/mol. The normalized spacial score (nSPS) is 10.6. The molecule has 0 fully saturated rings. The second-order valence-electron chi connectivity index (χ2n) is 4.98. The number of hydrogen-bond acceptors (Lipinski definition) is 5. The fraction of sp³-hybridized carbons (Fsp3) is 0.188. The summed E-state index contributed by atoms with van der Waals surface area (Å²) in [4.78, 5) is 16.5. The zero-order chi connectivity index (χ0) is 17.5. The van der Waals surface area contributed by atoms with Crippen molar-refractivity contribution in [1.29, 1.82) is 5.41 Å². The number of nitrogens with one attached hydrogen (secondary N) is 2. The molecule has 1 aromatic carbocycles. The molecular weight excluding hydrogens is 308 g/mol. The summed E-state index contributed by atoms with van der Waals surface area (Å²) in [5.41, 5.74) is 2.12. The summed E-state index contributed by atoms with van der Waals surface area (Å²) >= 11 is 0. The topological polar surface area (TPSA) is 126 Å². The minimum atomic E-state index is -0.347. The van der Waals surface area contributed by atoms with Crippen LogP contribution in [0.2, 0.25) is 0 Å². The van der Waals surface area contributed by atoms with Gasteiger partial charge in [-0.05, 0) is 36.8 Å². The molecule has 0 radical (unpaired) electrons. The number of amides is 1. The van der Waals surface area contributed by atoms with Crippen LogP contribution in [0.25, 0.3) is 0 Å². The molecule has 8 heteroatoms. The lowest BCUT2D eigenvalue weighted by molar-refractivity contribution is 0.0945. The molecule has 1 aromatic heterocycles. The van der Waals surface area contributed by atoms with Crippen molar-refractivity contribution < 1.29 is 9.53 Å². The lowest BCUT2D eigenvalue weighted by Crippen LogP contribution is -2.24. The molecule has 1 heterocycles. The van der Waals surface area contributed by atoms with Crippen LogP contribution >= 0.6 is 0 Å². The highest BCUT2D eigenvalue weighted by Gasteiger charge is 2.11. The maximum absolute atomic E-state index is 12.3. The molecule has 0 aliphatic carbocycles. The standard InChI is InChI=1S/C16H18N6O2/c1-10-6-12(15(17)21-22-18)8-14(20-10)16(23)19-9-11-4-3-5-13(7-11)24-2/h3-8H,9H2,1-2H3,(H,19,23)(H3,17,18,21). The van der Waals surface area contributed by atoms with Gasteiger partial charge >= 0.3 is 0 Å². The summed E-state index contributed by atoms with van der Waals surface area (Å²) in [6.07, 6.45) is 0. The van der Waals surface area contributed by atoms with Gasteiger partial charge in [0.15, 0.2) is 5.84 Å². The van der Waals surface area contributed by atoms with Crippen LogP contribution in [0.15, 0.2) is 46.7 Å². The van der Waals surface area contributed by atoms with Gasteiger partial charge < -0.3 is 15.9 Å². The van der Waals surface area contributed by atoms with Crippen LogP contribution in [0.1, 0.15) is 27.3 Å². The molecule has 0 aliphatic heterocycles. The van der Waals surface area contributed by atoms with Gasteiger partial charge in [-0.2, -0.15) is 0 Å². The number of pyridine rings is 1. The van der Waals surface area contributed by atoms with Crippen LogP contribution in [0.5, 0.6) is 5.75 Å². The molecule has 4 N–H and O–H groups in total. The molecule has 0 unspecified atom stereocenters. The summed E-state index contributed by atoms with van der Waals surface area (Å²) in [5.74, 6) is 5.19. The van der Waals surface area contributed by atoms with E-state index in [2.05, 4.69) is 20.6 Å². The van der Waals surface area contributed by atoms with E-state index in [9.17, 15) is 4.79 Å². The number of aryl methyl sites for hydroxylation is 1. The van der Waals surface area contributed by atoms with Gasteiger partial charge in [0.1, 0.15) is 11.4 Å². The summed E-state index contributed by atoms with van der Waals surface area (Å²) in [5, 5.41) is 17.1. The first-order valence-corrected chi connectivity index (χ1v) is 7.13. The Morgan fingerprint density at radius 2 is 2.17 bits per heavy atom. The maximum atomic E-state index is 12.3. The van der Waals surface area contributed by atoms with E-state index in [1.54, 1.807) is 20.1 Å². The number of nitrogens with two attached hydrogens (primary N) is 1. The Kier molecular flexibility index (Phi) is 5.56. The minimum absolute atomic E-state index is 0.134. The van der Waals surface area contributed by atoms with Gasteiger partial charge in [0.25, 0.3) is 5.91 Å². The molecule has 24 heavy (non-hydrogen) atoms. The summed E-state index contributed by atoms with van der Waals surface area (Å²) in [6.45, 7) is 2.07. The van der Waals surface area contributed by atoms with Crippen molar-refractivity contribution in [1.82, 2.24) is 10.3 Å². The van der Waals surface area contributed by atoms with E-state index in [1.165, 1.54) is 6.07 Å². The van der Waals surface area contributed by atoms with Crippen LogP contribution in [0, 0.1) is 12.3 Å². The van der Waals surface area contributed by atoms with Crippen molar-refractivity contribution in [3.63, 3.8) is 0 Å². The Hall–Kier alpha value is -3.29. The number of methoxy groups -OCH3 is 1. The largest absolute Gasteiger partial charge is 0.497 e. The number of carbonyl (C=O) groups is 1. The zero-order valence-electron chi connectivity index (χ0n) is 13.4. The lowest BCUT2D eigenvalue weighted by atomic mass is 10.1. The highest BCUT2D eigenvalue weighted by molar-refractivity contribution is 6.00. The fourth-order valence-electron chi connectivity index (χ4n) is 2.09. The maximum Gasteiger partial charge on any atom is 0.270 e. The molecule has 0 bridgehead atoms. The molecule has 0 spiro atoms. The fourth-order valence-corrected chi connectivity index (χ4v) is 2.09. The third-order valence-electron chi connectivity index (χ3n) is 3.20. The Morgan fingerprint density at radius 3 is 2.88 bits per heavy atom. The average molecular weight is 326 g/mol. The first-order valence-electron chi connectivity index (χ1n) is 7.13. The first kappa shape index (κ1) is 17.1. The summed E-state index contributed by atoms with van der Waals surface area (Å²) in [6, 6.07) is 10.5. The highest BCUT2D eigenvalue weighted by atomic mass is 16.5. The number of carbonyl (C=O) groups excluding carboxylic acids is 1. The van der Waals surface area contributed by atoms with Crippen LogP contribution in [0.4, 0.5) is 0 Å². The SMILES string of the molecule is COc1cccc(CNC(=O)c2cc(C(=N)/N=N\N)cc(C)n2)c1. The second-order valence-corrected chi connectivity index (χ2v) is 4.98. The van der Waals surface area contributed by atoms with Gasteiger partial charge in [0.2, 0.25) is 0 Å². The highest BCUT2D eigenvalue weighted by Crippen LogP contribution is 2.13. The molecule has 0 saturated heterocycles. The minimum Gasteiger partial charge on any atom is -0.497 e. The molecule has 2 aromatic rings. The molecule has 0 saturated carbocycles. The van der Waals surface area contributed by atoms with E-state index in [0.29, 0.717) is 17.8 Å². The van der Waals surface area contributed by atoms with E-state index < -0.39 is 0 Å². The van der Waals surface area contributed by atoms with Gasteiger partial charge in [-0.25, -0.2) is 4.98 Å². The van der Waals surface area contributed by atoms with Crippen molar-refractivity contribution in [2.45, 2.75) is 13.5 Å². The number of benzene rings is 1. The van der Waals surface area contributed by atoms with Crippen LogP contribution < -0.4 is 15.9 Å². The molecule has 0 aliphatic rings. The van der Waals surface area contributed by atoms with E-state index in [-0.39, 0.29) is 17.4 Å². The molecule has 2 rings (SSSR count). The van der Waals surface area contributed by atoms with Crippen molar-refractivity contribution in [2.24, 2.45) is 16.2 Å². The molecular formula is C16H18N6O2. The van der Waals surface area contributed by atoms with Gasteiger partial charge in [0.05, 0.1) is 7.11 Å². The van der Waals surface area contributed by atoms with Crippen LogP contribution in [-0.2, 0) is 6.54 Å². The van der Waals surface area contributed by atoms with Crippen molar-refractivity contribution >= 4 is 11.7 Å². The number of nitrogens with zero attached hydrogens (tertiary/aromatic N) is 3. The number of amidine groups is 1. The second kappa shape index (κ2) is 7.82. The van der Waals surface area contributed by atoms with Gasteiger partial charge in [0, 0.05) is 17.8 Å². The van der Waals surface area contributed by atoms with Gasteiger partial charge in [-0.15, -0.1) is 5.11 Å². The van der Waals surface area contributed by atoms with E-state index in [1.807, 2.05) is 24.3 Å². The Labute approximate surface area is 139 Å². The Bertz CT molecular complexity index is 788. The molecule has 8 nitrogen and oxygen atoms in total. The molecule has 0 atom stereocenters. The van der Waals surface area contributed by atoms with Gasteiger partial charge in [-0.3, -0.25) is 10.2 Å². The summed E-state index contributed by atoms with van der Waals surface area (Å²) < 4.78 is 5.15. The van der Waals surface area contributed by atoms with Crippen molar-refractivity contribution in [3.8, 4) is 5.75 Å². The molecule has 124 valence electrons. The quantitative estimate of drug-likeness (QED) is 0.255. The lowest BCUT2D eigenvalue weighted by Gasteiger charge is -2.08. The monoisotopic (exact) mass is 326 g/mol. The van der Waals surface area contributed by atoms with Gasteiger partial charge in [-0.1, -0.05) is 17.4 Å². The average Bonchev–Trinajstić information content (AvgIpc) is 2.59. The Balaban J connectivity index is 2.13. The third kappa shape index (κ3) is 4.35. The first-order chi connectivity index (χ1) is 11.5. The number of aromatic nitrogens is 1. The predicted octanol–water partition coefficient (Wildman–Crippen LogP) is 1.98. The summed E-state index contributed by atoms with van der Waals surface area (Å²) in [7, 11) is 1.59. The number of hydrogen-bond donors (Lipinski definition) is 3. The Morgan fingerprint density at radius 1 is 1.38 bits per heavy atom. The zero-order valence-corrected chi connectivity index (χ0v) is 13.4. The number of rotatable bonds is 5. The number of ether oxygens (including phenoxy) is 1.